The molecule has 0 spiro atoms. The highest BCUT2D eigenvalue weighted by Gasteiger charge is 2.46. The number of halogens is 1. The van der Waals surface area contributed by atoms with Gasteiger partial charge in [-0.1, -0.05) is 69.9 Å². The second kappa shape index (κ2) is 17.0. The summed E-state index contributed by atoms with van der Waals surface area (Å²) in [5.41, 5.74) is 5.26. The third-order valence-electron chi connectivity index (χ3n) is 9.60. The molecule has 14 nitrogen and oxygen atoms in total. The van der Waals surface area contributed by atoms with Gasteiger partial charge in [-0.3, -0.25) is 33.9 Å². The summed E-state index contributed by atoms with van der Waals surface area (Å²) in [6.45, 7) is 2.66. The van der Waals surface area contributed by atoms with Gasteiger partial charge in [0.25, 0.3) is 5.91 Å². The van der Waals surface area contributed by atoms with Crippen LogP contribution in [-0.4, -0.2) is 98.0 Å². The predicted molar refractivity (Wildman–Crippen MR) is 180 cm³/mol. The zero-order valence-electron chi connectivity index (χ0n) is 27.8. The summed E-state index contributed by atoms with van der Waals surface area (Å²) in [7, 11) is 0. The SMILES string of the molecule is CC1CCCCC1.NC(=O)C(=O)C(CC1CCC1)NC(=O)C1C[C@@H](Oc2cc(Cl)ccn2)CN1C(=O)CN1CC1C(=O)Nc1cnccn1. The number of rotatable bonds is 12. The molecule has 0 aromatic carbocycles. The maximum Gasteiger partial charge on any atom is 0.287 e. The van der Waals surface area contributed by atoms with E-state index in [4.69, 9.17) is 22.1 Å². The van der Waals surface area contributed by atoms with E-state index in [1.807, 2.05) is 0 Å². The van der Waals surface area contributed by atoms with Gasteiger partial charge in [0.05, 0.1) is 25.3 Å². The quantitative estimate of drug-likeness (QED) is 0.220. The second-order valence-electron chi connectivity index (χ2n) is 13.4. The topological polar surface area (TPSA) is 190 Å². The monoisotopic (exact) mass is 696 g/mol. The zero-order chi connectivity index (χ0) is 34.9. The summed E-state index contributed by atoms with van der Waals surface area (Å²) >= 11 is 6.05. The van der Waals surface area contributed by atoms with Gasteiger partial charge in [-0.25, -0.2) is 9.97 Å². The molecule has 4 amide bonds. The van der Waals surface area contributed by atoms with E-state index < -0.39 is 47.7 Å². The van der Waals surface area contributed by atoms with Crippen molar-refractivity contribution in [3.05, 3.63) is 41.9 Å². The second-order valence-corrected chi connectivity index (χ2v) is 13.9. The van der Waals surface area contributed by atoms with Crippen molar-refractivity contribution < 1.29 is 28.7 Å². The minimum absolute atomic E-state index is 0.0620. The first-order valence-electron chi connectivity index (χ1n) is 17.1. The zero-order valence-corrected chi connectivity index (χ0v) is 28.5. The lowest BCUT2D eigenvalue weighted by Gasteiger charge is -2.30. The number of aromatic nitrogens is 3. The molecule has 4 heterocycles. The third-order valence-corrected chi connectivity index (χ3v) is 9.84. The van der Waals surface area contributed by atoms with Crippen molar-refractivity contribution in [2.45, 2.75) is 95.4 Å². The van der Waals surface area contributed by atoms with Crippen LogP contribution >= 0.6 is 11.6 Å². The number of primary amides is 1. The molecule has 2 saturated heterocycles. The lowest BCUT2D eigenvalue weighted by Crippen LogP contribution is -2.54. The van der Waals surface area contributed by atoms with Crippen LogP contribution in [0.1, 0.15) is 71.1 Å². The maximum absolute atomic E-state index is 13.5. The van der Waals surface area contributed by atoms with E-state index in [1.54, 1.807) is 11.0 Å². The Hall–Kier alpha value is -4.17. The van der Waals surface area contributed by atoms with Crippen molar-refractivity contribution in [1.29, 1.82) is 0 Å². The number of Topliss-reactive ketones (excluding diaryl/α,β-unsaturated/α-hetero) is 1. The van der Waals surface area contributed by atoms with Crippen LogP contribution in [-0.2, 0) is 24.0 Å². The Balaban J connectivity index is 0.000000595. The minimum atomic E-state index is -1.13. The Kier molecular flexibility index (Phi) is 12.5. The first kappa shape index (κ1) is 36.1. The average Bonchev–Trinajstić information content (AvgIpc) is 3.70. The Morgan fingerprint density at radius 1 is 0.980 bits per heavy atom. The Morgan fingerprint density at radius 3 is 2.37 bits per heavy atom. The molecule has 2 aromatic heterocycles. The van der Waals surface area contributed by atoms with Crippen molar-refractivity contribution in [1.82, 2.24) is 30.1 Å². The number of amides is 4. The van der Waals surface area contributed by atoms with E-state index in [0.717, 1.165) is 25.2 Å². The van der Waals surface area contributed by atoms with Crippen LogP contribution < -0.4 is 21.1 Å². The van der Waals surface area contributed by atoms with E-state index in [1.165, 1.54) is 67.9 Å². The fourth-order valence-corrected chi connectivity index (χ4v) is 6.65. The molecule has 5 atom stereocenters. The number of carbonyl (C=O) groups is 5. The van der Waals surface area contributed by atoms with Gasteiger partial charge in [-0.15, -0.1) is 0 Å². The number of nitrogens with one attached hydrogen (secondary N) is 2. The van der Waals surface area contributed by atoms with Gasteiger partial charge in [0.1, 0.15) is 18.2 Å². The number of likely N-dealkylation sites (tertiary alicyclic amines) is 1. The average molecular weight is 697 g/mol. The molecule has 15 heteroatoms. The Labute approximate surface area is 290 Å². The molecular formula is C34H45ClN8O6. The molecule has 0 bridgehead atoms. The van der Waals surface area contributed by atoms with Crippen molar-refractivity contribution >= 4 is 46.8 Å². The summed E-state index contributed by atoms with van der Waals surface area (Å²) in [6, 6.07) is 0.519. The van der Waals surface area contributed by atoms with Gasteiger partial charge in [-0.2, -0.15) is 0 Å². The summed E-state index contributed by atoms with van der Waals surface area (Å²) in [4.78, 5) is 78.9. The number of ether oxygens (including phenoxy) is 1. The fourth-order valence-electron chi connectivity index (χ4n) is 6.50. The van der Waals surface area contributed by atoms with Crippen molar-refractivity contribution in [2.24, 2.45) is 17.6 Å². The minimum Gasteiger partial charge on any atom is -0.472 e. The van der Waals surface area contributed by atoms with Gasteiger partial charge in [0.15, 0.2) is 5.82 Å². The summed E-state index contributed by atoms with van der Waals surface area (Å²) in [5.74, 6) is -1.53. The van der Waals surface area contributed by atoms with E-state index in [9.17, 15) is 24.0 Å². The van der Waals surface area contributed by atoms with Gasteiger partial charge >= 0.3 is 0 Å². The number of hydrogen-bond acceptors (Lipinski definition) is 10. The molecule has 4 unspecified atom stereocenters. The molecule has 2 saturated carbocycles. The smallest absolute Gasteiger partial charge is 0.287 e. The first-order chi connectivity index (χ1) is 23.6. The Morgan fingerprint density at radius 2 is 1.76 bits per heavy atom. The number of ketones is 1. The molecule has 0 radical (unpaired) electrons. The summed E-state index contributed by atoms with van der Waals surface area (Å²) < 4.78 is 5.94. The largest absolute Gasteiger partial charge is 0.472 e. The van der Waals surface area contributed by atoms with Crippen LogP contribution in [0.25, 0.3) is 0 Å². The van der Waals surface area contributed by atoms with Crippen LogP contribution in [0.5, 0.6) is 5.88 Å². The van der Waals surface area contributed by atoms with E-state index in [2.05, 4.69) is 32.5 Å². The normalized spacial score (nSPS) is 24.0. The molecule has 49 heavy (non-hydrogen) atoms. The van der Waals surface area contributed by atoms with Crippen molar-refractivity contribution in [3.63, 3.8) is 0 Å². The predicted octanol–water partition coefficient (Wildman–Crippen LogP) is 2.51. The lowest BCUT2D eigenvalue weighted by atomic mass is 9.80. The molecular weight excluding hydrogens is 652 g/mol. The molecule has 2 aliphatic heterocycles. The number of hydrogen-bond donors (Lipinski definition) is 3. The molecule has 264 valence electrons. The van der Waals surface area contributed by atoms with Crippen molar-refractivity contribution in [3.8, 4) is 5.88 Å². The number of nitrogens with zero attached hydrogens (tertiary/aromatic N) is 5. The molecule has 4 fully saturated rings. The number of anilines is 1. The number of pyridine rings is 1. The van der Waals surface area contributed by atoms with Gasteiger partial charge in [0.2, 0.25) is 29.4 Å². The van der Waals surface area contributed by atoms with Crippen LogP contribution in [0.15, 0.2) is 36.9 Å². The van der Waals surface area contributed by atoms with Crippen LogP contribution in [0, 0.1) is 11.8 Å². The third kappa shape index (κ3) is 10.4. The first-order valence-corrected chi connectivity index (χ1v) is 17.5. The van der Waals surface area contributed by atoms with E-state index in [0.29, 0.717) is 23.8 Å². The van der Waals surface area contributed by atoms with Gasteiger partial charge in [-0.05, 0) is 24.3 Å². The molecule has 6 rings (SSSR count). The summed E-state index contributed by atoms with van der Waals surface area (Å²) in [6.07, 6.45) is 15.9. The number of carbonyl (C=O) groups excluding carboxylic acids is 5. The fraction of sp³-hybridized carbons (Fsp3) is 0.588. The van der Waals surface area contributed by atoms with Crippen LogP contribution in [0.3, 0.4) is 0 Å². The van der Waals surface area contributed by atoms with Gasteiger partial charge in [0, 0.05) is 42.6 Å². The summed E-state index contributed by atoms with van der Waals surface area (Å²) in [5, 5.41) is 5.75. The molecule has 2 aromatic rings. The van der Waals surface area contributed by atoms with E-state index >= 15 is 0 Å². The highest BCUT2D eigenvalue weighted by atomic mass is 35.5. The number of nitrogens with two attached hydrogens (primary N) is 1. The van der Waals surface area contributed by atoms with E-state index in [-0.39, 0.29) is 37.2 Å². The maximum atomic E-state index is 13.5. The standard InChI is InChI=1S/C27H31ClN8O6.C7H14/c28-16-4-5-32-22(9-16)42-17-10-19(26(40)33-18(24(38)25(29)39)8-15-2-1-3-15)36(12-17)23(37)14-35-13-20(35)27(41)34-21-11-30-6-7-31-21;1-7-5-3-2-4-6-7/h4-7,9,11,15,17-20H,1-3,8,10,12-14H2,(H2,29,39)(H,33,40)(H,31,34,41);7H,2-6H2,1H3/t17-,18?,19?,20?,35?;/m1./s1. The highest BCUT2D eigenvalue weighted by molar-refractivity contribution is 6.37. The van der Waals surface area contributed by atoms with Crippen molar-refractivity contribution in [2.75, 3.05) is 25.0 Å². The lowest BCUT2D eigenvalue weighted by molar-refractivity contribution is -0.141. The Bertz CT molecular complexity index is 1490. The molecule has 2 aliphatic carbocycles. The van der Waals surface area contributed by atoms with Gasteiger partial charge < -0.3 is 26.0 Å². The van der Waals surface area contributed by atoms with Crippen LogP contribution in [0.2, 0.25) is 5.02 Å². The molecule has 4 N–H and O–H groups in total. The molecule has 4 aliphatic rings. The van der Waals surface area contributed by atoms with Crippen LogP contribution in [0.4, 0.5) is 5.82 Å². The highest BCUT2D eigenvalue weighted by Crippen LogP contribution is 2.31.